The molecule has 0 aliphatic rings. The molecule has 0 aliphatic carbocycles. The first-order valence-corrected chi connectivity index (χ1v) is 6.06. The summed E-state index contributed by atoms with van der Waals surface area (Å²) in [6.07, 6.45) is 0. The van der Waals surface area contributed by atoms with Gasteiger partial charge in [-0.15, -0.1) is 11.8 Å². The van der Waals surface area contributed by atoms with E-state index in [2.05, 4.69) is 19.2 Å². The molecule has 0 aliphatic heterocycles. The third-order valence-electron chi connectivity index (χ3n) is 2.25. The van der Waals surface area contributed by atoms with Crippen LogP contribution < -0.4 is 5.32 Å². The van der Waals surface area contributed by atoms with Crippen LogP contribution in [0.3, 0.4) is 0 Å². The van der Waals surface area contributed by atoms with Gasteiger partial charge in [0.2, 0.25) is 0 Å². The molecule has 1 unspecified atom stereocenters. The van der Waals surface area contributed by atoms with Gasteiger partial charge in [0.1, 0.15) is 5.82 Å². The van der Waals surface area contributed by atoms with Crippen LogP contribution in [0.1, 0.15) is 32.4 Å². The molecule has 15 heavy (non-hydrogen) atoms. The summed E-state index contributed by atoms with van der Waals surface area (Å²) in [6.45, 7) is 6.15. The topological polar surface area (TPSA) is 12.0 Å². The second-order valence-electron chi connectivity index (χ2n) is 3.87. The summed E-state index contributed by atoms with van der Waals surface area (Å²) in [5.41, 5.74) is 0.989. The van der Waals surface area contributed by atoms with Gasteiger partial charge < -0.3 is 5.32 Å². The van der Waals surface area contributed by atoms with Crippen LogP contribution in [-0.4, -0.2) is 12.3 Å². The molecule has 1 rings (SSSR count). The Morgan fingerprint density at radius 1 is 1.27 bits per heavy atom. The van der Waals surface area contributed by atoms with Crippen molar-refractivity contribution in [3.63, 3.8) is 0 Å². The highest BCUT2D eigenvalue weighted by molar-refractivity contribution is 7.99. The van der Waals surface area contributed by atoms with Gasteiger partial charge in [0.05, 0.1) is 0 Å². The van der Waals surface area contributed by atoms with Gasteiger partial charge in [0.25, 0.3) is 0 Å². The lowest BCUT2D eigenvalue weighted by atomic mass is 10.1. The summed E-state index contributed by atoms with van der Waals surface area (Å²) in [5, 5.41) is 3.50. The SMILES string of the molecule is CNC(C)c1ccc(SC(C)C)c(F)c1. The number of benzene rings is 1. The molecule has 1 N–H and O–H groups in total. The zero-order valence-electron chi connectivity index (χ0n) is 9.67. The van der Waals surface area contributed by atoms with Crippen molar-refractivity contribution >= 4 is 11.8 Å². The Morgan fingerprint density at radius 3 is 2.40 bits per heavy atom. The van der Waals surface area contributed by atoms with Crippen LogP contribution in [0.25, 0.3) is 0 Å². The second kappa shape index (κ2) is 5.52. The highest BCUT2D eigenvalue weighted by Gasteiger charge is 2.09. The van der Waals surface area contributed by atoms with Crippen molar-refractivity contribution in [2.45, 2.75) is 37.0 Å². The lowest BCUT2D eigenvalue weighted by Crippen LogP contribution is -2.12. The van der Waals surface area contributed by atoms with E-state index in [4.69, 9.17) is 0 Å². The molecule has 0 saturated heterocycles. The van der Waals surface area contributed by atoms with Gasteiger partial charge >= 0.3 is 0 Å². The number of hydrogen-bond donors (Lipinski definition) is 1. The molecule has 0 amide bonds. The Hall–Kier alpha value is -0.540. The van der Waals surface area contributed by atoms with E-state index in [1.54, 1.807) is 17.8 Å². The molecule has 0 aromatic heterocycles. The van der Waals surface area contributed by atoms with E-state index in [0.717, 1.165) is 10.5 Å². The lowest BCUT2D eigenvalue weighted by Gasteiger charge is -2.12. The minimum absolute atomic E-state index is 0.117. The van der Waals surface area contributed by atoms with Gasteiger partial charge in [-0.2, -0.15) is 0 Å². The lowest BCUT2D eigenvalue weighted by molar-refractivity contribution is 0.587. The summed E-state index contributed by atoms with van der Waals surface area (Å²) in [6, 6.07) is 5.65. The van der Waals surface area contributed by atoms with Gasteiger partial charge in [0.15, 0.2) is 0 Å². The minimum atomic E-state index is -0.117. The maximum atomic E-state index is 13.7. The average molecular weight is 227 g/mol. The van der Waals surface area contributed by atoms with Gasteiger partial charge in [-0.05, 0) is 31.7 Å². The zero-order valence-corrected chi connectivity index (χ0v) is 10.5. The van der Waals surface area contributed by atoms with Crippen LogP contribution >= 0.6 is 11.8 Å². The maximum Gasteiger partial charge on any atom is 0.137 e. The van der Waals surface area contributed by atoms with Crippen LogP contribution in [-0.2, 0) is 0 Å². The predicted molar refractivity (Wildman–Crippen MR) is 64.9 cm³/mol. The van der Waals surface area contributed by atoms with Crippen molar-refractivity contribution in [2.24, 2.45) is 0 Å². The van der Waals surface area contributed by atoms with E-state index in [1.807, 2.05) is 26.1 Å². The Kier molecular flexibility index (Phi) is 4.61. The molecular formula is C12H18FNS. The third-order valence-corrected chi connectivity index (χ3v) is 3.31. The Morgan fingerprint density at radius 2 is 1.93 bits per heavy atom. The summed E-state index contributed by atoms with van der Waals surface area (Å²) in [4.78, 5) is 0.733. The molecular weight excluding hydrogens is 209 g/mol. The number of rotatable bonds is 4. The molecule has 0 heterocycles. The van der Waals surface area contributed by atoms with Crippen molar-refractivity contribution < 1.29 is 4.39 Å². The number of halogens is 1. The normalized spacial score (nSPS) is 13.2. The van der Waals surface area contributed by atoms with Crippen molar-refractivity contribution in [1.29, 1.82) is 0 Å². The zero-order chi connectivity index (χ0) is 11.4. The van der Waals surface area contributed by atoms with E-state index in [-0.39, 0.29) is 11.9 Å². The smallest absolute Gasteiger partial charge is 0.137 e. The molecule has 3 heteroatoms. The third kappa shape index (κ3) is 3.50. The number of hydrogen-bond acceptors (Lipinski definition) is 2. The quantitative estimate of drug-likeness (QED) is 0.789. The first kappa shape index (κ1) is 12.5. The van der Waals surface area contributed by atoms with Crippen LogP contribution in [0, 0.1) is 5.82 Å². The number of nitrogens with one attached hydrogen (secondary N) is 1. The van der Waals surface area contributed by atoms with Gasteiger partial charge in [0, 0.05) is 16.2 Å². The second-order valence-corrected chi connectivity index (χ2v) is 5.49. The fraction of sp³-hybridized carbons (Fsp3) is 0.500. The van der Waals surface area contributed by atoms with E-state index in [0.29, 0.717) is 5.25 Å². The molecule has 1 nitrogen and oxygen atoms in total. The van der Waals surface area contributed by atoms with Gasteiger partial charge in [-0.25, -0.2) is 4.39 Å². The van der Waals surface area contributed by atoms with Crippen LogP contribution in [0.15, 0.2) is 23.1 Å². The molecule has 1 aromatic carbocycles. The first-order valence-electron chi connectivity index (χ1n) is 5.18. The number of thioether (sulfide) groups is 1. The van der Waals surface area contributed by atoms with Crippen LogP contribution in [0.2, 0.25) is 0 Å². The Bertz CT molecular complexity index is 325. The molecule has 1 atom stereocenters. The Labute approximate surface area is 95.5 Å². The standard InChI is InChI=1S/C12H18FNS/c1-8(2)15-12-6-5-10(7-11(12)13)9(3)14-4/h5-9,14H,1-4H3. The minimum Gasteiger partial charge on any atom is -0.313 e. The van der Waals surface area contributed by atoms with Crippen LogP contribution in [0.5, 0.6) is 0 Å². The highest BCUT2D eigenvalue weighted by Crippen LogP contribution is 2.27. The summed E-state index contributed by atoms with van der Waals surface area (Å²) < 4.78 is 13.7. The molecule has 0 radical (unpaired) electrons. The van der Waals surface area contributed by atoms with Crippen molar-refractivity contribution in [3.8, 4) is 0 Å². The van der Waals surface area contributed by atoms with E-state index in [9.17, 15) is 4.39 Å². The van der Waals surface area contributed by atoms with E-state index < -0.39 is 0 Å². The monoisotopic (exact) mass is 227 g/mol. The fourth-order valence-corrected chi connectivity index (χ4v) is 2.13. The van der Waals surface area contributed by atoms with Gasteiger partial charge in [-0.1, -0.05) is 19.9 Å². The summed E-state index contributed by atoms with van der Waals surface area (Å²) in [7, 11) is 1.87. The van der Waals surface area contributed by atoms with E-state index in [1.165, 1.54) is 0 Å². The molecule has 0 saturated carbocycles. The average Bonchev–Trinajstić information content (AvgIpc) is 2.19. The molecule has 0 bridgehead atoms. The van der Waals surface area contributed by atoms with Crippen LogP contribution in [0.4, 0.5) is 4.39 Å². The molecule has 0 fully saturated rings. The Balaban J connectivity index is 2.88. The molecule has 0 spiro atoms. The summed E-state index contributed by atoms with van der Waals surface area (Å²) >= 11 is 1.56. The summed E-state index contributed by atoms with van der Waals surface area (Å²) in [5.74, 6) is -0.117. The van der Waals surface area contributed by atoms with Crippen molar-refractivity contribution in [3.05, 3.63) is 29.6 Å². The first-order chi connectivity index (χ1) is 7.04. The fourth-order valence-electron chi connectivity index (χ4n) is 1.30. The largest absolute Gasteiger partial charge is 0.313 e. The predicted octanol–water partition coefficient (Wildman–Crippen LogP) is 3.61. The molecule has 84 valence electrons. The highest BCUT2D eigenvalue weighted by atomic mass is 32.2. The van der Waals surface area contributed by atoms with Crippen molar-refractivity contribution in [1.82, 2.24) is 5.32 Å². The molecule has 1 aromatic rings. The van der Waals surface area contributed by atoms with Crippen molar-refractivity contribution in [2.75, 3.05) is 7.05 Å². The maximum absolute atomic E-state index is 13.7. The van der Waals surface area contributed by atoms with Gasteiger partial charge in [-0.3, -0.25) is 0 Å². The van der Waals surface area contributed by atoms with E-state index >= 15 is 0 Å².